The predicted octanol–water partition coefficient (Wildman–Crippen LogP) is 0.663. The number of aliphatic imine (C=N–C) groups is 1. The fourth-order valence-electron chi connectivity index (χ4n) is 2.54. The van der Waals surface area contributed by atoms with E-state index < -0.39 is 0 Å². The summed E-state index contributed by atoms with van der Waals surface area (Å²) in [6.45, 7) is 6.41. The Kier molecular flexibility index (Phi) is 5.00. The summed E-state index contributed by atoms with van der Waals surface area (Å²) in [5.74, 6) is 0.500. The van der Waals surface area contributed by atoms with Gasteiger partial charge in [-0.1, -0.05) is 0 Å². The molecule has 1 unspecified atom stereocenters. The Morgan fingerprint density at radius 1 is 1.55 bits per heavy atom. The molecule has 1 fully saturated rings. The van der Waals surface area contributed by atoms with Gasteiger partial charge < -0.3 is 15.8 Å². The van der Waals surface area contributed by atoms with E-state index in [2.05, 4.69) is 22.3 Å². The first kappa shape index (κ1) is 14.8. The first-order valence-electron chi connectivity index (χ1n) is 7.22. The molecule has 1 atom stereocenters. The first-order valence-corrected chi connectivity index (χ1v) is 7.22. The molecule has 2 heterocycles. The zero-order valence-electron chi connectivity index (χ0n) is 12.6. The van der Waals surface area contributed by atoms with Crippen LogP contribution in [-0.2, 0) is 18.2 Å². The number of rotatable bonds is 5. The summed E-state index contributed by atoms with van der Waals surface area (Å²) < 4.78 is 7.43. The van der Waals surface area contributed by atoms with E-state index >= 15 is 0 Å². The van der Waals surface area contributed by atoms with E-state index in [1.807, 2.05) is 18.7 Å². The second kappa shape index (κ2) is 6.74. The average Bonchev–Trinajstić information content (AvgIpc) is 3.00. The van der Waals surface area contributed by atoms with Crippen molar-refractivity contribution >= 4 is 5.96 Å². The van der Waals surface area contributed by atoms with Crippen molar-refractivity contribution < 1.29 is 4.74 Å². The minimum Gasteiger partial charge on any atom is -0.376 e. The van der Waals surface area contributed by atoms with Crippen LogP contribution in [0.1, 0.15) is 29.8 Å². The molecule has 0 saturated carbocycles. The van der Waals surface area contributed by atoms with Crippen LogP contribution < -0.4 is 11.1 Å². The minimum absolute atomic E-state index is 0.248. The van der Waals surface area contributed by atoms with Crippen molar-refractivity contribution in [2.45, 2.75) is 39.2 Å². The first-order chi connectivity index (χ1) is 9.58. The van der Waals surface area contributed by atoms with Gasteiger partial charge in [-0.2, -0.15) is 5.10 Å². The number of aryl methyl sites for hydroxylation is 2. The van der Waals surface area contributed by atoms with Crippen LogP contribution in [0, 0.1) is 13.8 Å². The van der Waals surface area contributed by atoms with Gasteiger partial charge in [-0.05, 0) is 38.7 Å². The van der Waals surface area contributed by atoms with E-state index in [-0.39, 0.29) is 6.10 Å². The molecule has 1 aromatic heterocycles. The van der Waals surface area contributed by atoms with E-state index in [0.29, 0.717) is 12.5 Å². The Bertz CT molecular complexity index is 474. The summed E-state index contributed by atoms with van der Waals surface area (Å²) in [4.78, 5) is 4.32. The molecule has 3 N–H and O–H groups in total. The highest BCUT2D eigenvalue weighted by atomic mass is 16.5. The number of nitrogens with zero attached hydrogens (tertiary/aromatic N) is 3. The van der Waals surface area contributed by atoms with Crippen molar-refractivity contribution in [1.82, 2.24) is 15.1 Å². The molecule has 0 radical (unpaired) electrons. The monoisotopic (exact) mass is 279 g/mol. The lowest BCUT2D eigenvalue weighted by atomic mass is 10.1. The Morgan fingerprint density at radius 3 is 2.95 bits per heavy atom. The second-order valence-electron chi connectivity index (χ2n) is 5.31. The van der Waals surface area contributed by atoms with Gasteiger partial charge in [0, 0.05) is 25.9 Å². The van der Waals surface area contributed by atoms with E-state index in [4.69, 9.17) is 10.5 Å². The lowest BCUT2D eigenvalue weighted by molar-refractivity contribution is 0.118. The molecule has 0 aromatic carbocycles. The van der Waals surface area contributed by atoms with E-state index in [1.54, 1.807) is 0 Å². The molecule has 0 spiro atoms. The number of ether oxygens (including phenoxy) is 1. The largest absolute Gasteiger partial charge is 0.376 e. The number of nitrogens with two attached hydrogens (primary N) is 1. The lowest BCUT2D eigenvalue weighted by Gasteiger charge is -2.08. The van der Waals surface area contributed by atoms with Gasteiger partial charge >= 0.3 is 0 Å². The van der Waals surface area contributed by atoms with E-state index in [9.17, 15) is 0 Å². The quantitative estimate of drug-likeness (QED) is 0.613. The highest BCUT2D eigenvalue weighted by Crippen LogP contribution is 2.12. The van der Waals surface area contributed by atoms with Crippen molar-refractivity contribution in [3.8, 4) is 0 Å². The van der Waals surface area contributed by atoms with Gasteiger partial charge in [0.2, 0.25) is 0 Å². The molecule has 0 bridgehead atoms. The lowest BCUT2D eigenvalue weighted by Crippen LogP contribution is -2.34. The van der Waals surface area contributed by atoms with E-state index in [0.717, 1.165) is 38.1 Å². The molecule has 1 aliphatic rings. The average molecular weight is 279 g/mol. The highest BCUT2D eigenvalue weighted by molar-refractivity contribution is 5.77. The Morgan fingerprint density at radius 2 is 2.35 bits per heavy atom. The zero-order chi connectivity index (χ0) is 14.5. The van der Waals surface area contributed by atoms with Crippen molar-refractivity contribution in [2.75, 3.05) is 19.7 Å². The van der Waals surface area contributed by atoms with Gasteiger partial charge in [-0.15, -0.1) is 0 Å². The number of hydrogen-bond donors (Lipinski definition) is 2. The smallest absolute Gasteiger partial charge is 0.188 e. The summed E-state index contributed by atoms with van der Waals surface area (Å²) >= 11 is 0. The second-order valence-corrected chi connectivity index (χ2v) is 5.31. The normalized spacial score (nSPS) is 19.6. The Balaban J connectivity index is 1.75. The van der Waals surface area contributed by atoms with Crippen LogP contribution in [0.3, 0.4) is 0 Å². The van der Waals surface area contributed by atoms with Crippen LogP contribution in [0.25, 0.3) is 0 Å². The van der Waals surface area contributed by atoms with Gasteiger partial charge in [0.25, 0.3) is 0 Å². The summed E-state index contributed by atoms with van der Waals surface area (Å²) in [5.41, 5.74) is 9.44. The molecule has 1 saturated heterocycles. The third kappa shape index (κ3) is 3.72. The fourth-order valence-corrected chi connectivity index (χ4v) is 2.54. The molecule has 6 heteroatoms. The van der Waals surface area contributed by atoms with Gasteiger partial charge in [0.1, 0.15) is 0 Å². The van der Waals surface area contributed by atoms with Gasteiger partial charge in [-0.25, -0.2) is 0 Å². The Hall–Kier alpha value is -1.56. The molecule has 0 amide bonds. The highest BCUT2D eigenvalue weighted by Gasteiger charge is 2.14. The summed E-state index contributed by atoms with van der Waals surface area (Å²) in [5, 5.41) is 7.56. The van der Waals surface area contributed by atoms with Crippen molar-refractivity contribution in [3.05, 3.63) is 17.0 Å². The van der Waals surface area contributed by atoms with Gasteiger partial charge in [-0.3, -0.25) is 9.67 Å². The molecule has 20 heavy (non-hydrogen) atoms. The zero-order valence-corrected chi connectivity index (χ0v) is 12.6. The molecule has 1 aromatic rings. The SMILES string of the molecule is Cc1nn(C)c(C)c1CCNC(N)=NCC1CCCO1. The maximum atomic E-state index is 5.86. The molecular formula is C14H25N5O. The molecule has 1 aliphatic heterocycles. The number of nitrogens with one attached hydrogen (secondary N) is 1. The van der Waals surface area contributed by atoms with Crippen LogP contribution in [0.5, 0.6) is 0 Å². The van der Waals surface area contributed by atoms with Crippen LogP contribution in [-0.4, -0.2) is 41.5 Å². The van der Waals surface area contributed by atoms with Crippen molar-refractivity contribution in [1.29, 1.82) is 0 Å². The standard InChI is InChI=1S/C14H25N5O/c1-10-13(11(2)19(3)18-10)6-7-16-14(15)17-9-12-5-4-8-20-12/h12H,4-9H2,1-3H3,(H3,15,16,17). The molecule has 112 valence electrons. The van der Waals surface area contributed by atoms with Crippen LogP contribution in [0.15, 0.2) is 4.99 Å². The molecule has 2 rings (SSSR count). The van der Waals surface area contributed by atoms with Gasteiger partial charge in [0.05, 0.1) is 18.3 Å². The minimum atomic E-state index is 0.248. The van der Waals surface area contributed by atoms with Crippen LogP contribution in [0.2, 0.25) is 0 Å². The number of guanidine groups is 1. The summed E-state index contributed by atoms with van der Waals surface area (Å²) in [6.07, 6.45) is 3.37. The summed E-state index contributed by atoms with van der Waals surface area (Å²) in [6, 6.07) is 0. The summed E-state index contributed by atoms with van der Waals surface area (Å²) in [7, 11) is 1.97. The molecule has 6 nitrogen and oxygen atoms in total. The van der Waals surface area contributed by atoms with Crippen LogP contribution >= 0.6 is 0 Å². The number of aromatic nitrogens is 2. The topological polar surface area (TPSA) is 77.5 Å². The maximum absolute atomic E-state index is 5.86. The number of hydrogen-bond acceptors (Lipinski definition) is 3. The van der Waals surface area contributed by atoms with Crippen molar-refractivity contribution in [3.63, 3.8) is 0 Å². The third-order valence-corrected chi connectivity index (χ3v) is 3.83. The van der Waals surface area contributed by atoms with E-state index in [1.165, 1.54) is 11.3 Å². The predicted molar refractivity (Wildman–Crippen MR) is 79.9 cm³/mol. The van der Waals surface area contributed by atoms with Crippen molar-refractivity contribution in [2.24, 2.45) is 17.8 Å². The molecule has 0 aliphatic carbocycles. The maximum Gasteiger partial charge on any atom is 0.188 e. The third-order valence-electron chi connectivity index (χ3n) is 3.83. The fraction of sp³-hybridized carbons (Fsp3) is 0.714. The van der Waals surface area contributed by atoms with Crippen LogP contribution in [0.4, 0.5) is 0 Å². The van der Waals surface area contributed by atoms with Gasteiger partial charge in [0.15, 0.2) is 5.96 Å². The molecular weight excluding hydrogens is 254 g/mol. The Labute approximate surface area is 120 Å².